The van der Waals surface area contributed by atoms with Crippen molar-refractivity contribution in [2.75, 3.05) is 23.4 Å². The molecule has 2 fully saturated rings. The number of fused-ring (bicyclic) bond motifs is 2. The first-order chi connectivity index (χ1) is 30.1. The number of aromatic nitrogens is 8. The first kappa shape index (κ1) is 49.6. The van der Waals surface area contributed by atoms with Crippen molar-refractivity contribution in [3.05, 3.63) is 133 Å². The van der Waals surface area contributed by atoms with Gasteiger partial charge < -0.3 is 46.8 Å². The highest BCUT2D eigenvalue weighted by atomic mass is 35.5. The summed E-state index contributed by atoms with van der Waals surface area (Å²) in [6.45, 7) is -0.778. The molecule has 2 aliphatic rings. The Hall–Kier alpha value is -6.37. The summed E-state index contributed by atoms with van der Waals surface area (Å²) in [5.74, 6) is -1.27. The van der Waals surface area contributed by atoms with E-state index in [1.165, 1.54) is 29.9 Å². The second kappa shape index (κ2) is 21.5. The molecule has 0 unspecified atom stereocenters. The normalized spacial score (nSPS) is 22.1. The Labute approximate surface area is 380 Å². The van der Waals surface area contributed by atoms with Crippen LogP contribution in [0, 0.1) is 0 Å². The number of nitrogens with zero attached hydrogens (tertiary/aromatic N) is 9. The summed E-state index contributed by atoms with van der Waals surface area (Å²) in [6, 6.07) is 25.5. The van der Waals surface area contributed by atoms with E-state index in [-0.39, 0.29) is 65.5 Å². The van der Waals surface area contributed by atoms with Crippen LogP contribution < -0.4 is 16.4 Å². The first-order valence-electron chi connectivity index (χ1n) is 19.0. The molecule has 65 heavy (non-hydrogen) atoms. The average Bonchev–Trinajstić information content (AvgIpc) is 4.08. The lowest BCUT2D eigenvalue weighted by Crippen LogP contribution is -2.38. The molecule has 3 amide bonds. The zero-order valence-corrected chi connectivity index (χ0v) is 34.8. The van der Waals surface area contributed by atoms with Crippen molar-refractivity contribution in [3.63, 3.8) is 0 Å². The number of carbonyl (C=O) groups is 3. The van der Waals surface area contributed by atoms with E-state index in [0.717, 1.165) is 4.90 Å². The molecular formula is C42H45Cl2N11O10. The lowest BCUT2D eigenvalue weighted by molar-refractivity contribution is -0.0431. The first-order valence-corrected chi connectivity index (χ1v) is 19.9. The quantitative estimate of drug-likeness (QED) is 0.0895. The van der Waals surface area contributed by atoms with Crippen molar-refractivity contribution in [2.45, 2.75) is 55.1 Å². The molecule has 21 nitrogen and oxygen atoms in total. The molecule has 23 heteroatoms. The van der Waals surface area contributed by atoms with Crippen LogP contribution in [0.25, 0.3) is 22.3 Å². The molecule has 0 radical (unpaired) electrons. The topological polar surface area (TPSA) is 320 Å². The Morgan fingerprint density at radius 2 is 1.05 bits per heavy atom. The predicted molar refractivity (Wildman–Crippen MR) is 238 cm³/mol. The lowest BCUT2D eigenvalue weighted by atomic mass is 10.1. The van der Waals surface area contributed by atoms with Crippen LogP contribution in [0.4, 0.5) is 11.6 Å². The maximum Gasteiger partial charge on any atom is 0.266 e. The maximum absolute atomic E-state index is 13.5. The molecule has 7 aromatic rings. The zero-order chi connectivity index (χ0) is 43.5. The van der Waals surface area contributed by atoms with E-state index >= 15 is 0 Å². The fourth-order valence-corrected chi connectivity index (χ4v) is 7.64. The average molecular weight is 935 g/mol. The fourth-order valence-electron chi connectivity index (χ4n) is 6.95. The van der Waals surface area contributed by atoms with E-state index in [9.17, 15) is 34.8 Å². The molecular weight excluding hydrogens is 889 g/mol. The summed E-state index contributed by atoms with van der Waals surface area (Å²) in [4.78, 5) is 65.8. The SMILES string of the molecule is C.N.O.O=C(Nc1ncnc2c1ncn2[C@@H]1O[C@H](CO)[C@@H](O)[C@H]1Cl)c1ccccc1.O=C(c1ccccc1)N(C(=O)c1ccccc1)c1ncnc2c1ncn2[C@@H]1O[C@H](CO)[C@@H](O)[C@H]1Cl. The molecule has 0 spiro atoms. The van der Waals surface area contributed by atoms with Crippen LogP contribution in [0.1, 0.15) is 51.0 Å². The number of benzene rings is 3. The van der Waals surface area contributed by atoms with Crippen molar-refractivity contribution in [1.29, 1.82) is 0 Å². The van der Waals surface area contributed by atoms with Crippen LogP contribution in [-0.4, -0.2) is 131 Å². The van der Waals surface area contributed by atoms with Gasteiger partial charge in [0.25, 0.3) is 17.7 Å². The Balaban J connectivity index is 0.000000240. The number of anilines is 2. The van der Waals surface area contributed by atoms with E-state index < -0.39 is 66.0 Å². The third-order valence-electron chi connectivity index (χ3n) is 10.1. The van der Waals surface area contributed by atoms with Gasteiger partial charge in [-0.25, -0.2) is 34.8 Å². The Bertz CT molecular complexity index is 2650. The van der Waals surface area contributed by atoms with E-state index in [2.05, 4.69) is 35.2 Å². The molecule has 10 N–H and O–H groups in total. The zero-order valence-electron chi connectivity index (χ0n) is 33.3. The van der Waals surface area contributed by atoms with Crippen molar-refractivity contribution in [3.8, 4) is 0 Å². The lowest BCUT2D eigenvalue weighted by Gasteiger charge is -2.21. The van der Waals surface area contributed by atoms with Crippen molar-refractivity contribution in [1.82, 2.24) is 45.2 Å². The number of alkyl halides is 2. The monoisotopic (exact) mass is 933 g/mol. The summed E-state index contributed by atoms with van der Waals surface area (Å²) in [6.07, 6.45) is -0.143. The van der Waals surface area contributed by atoms with Crippen LogP contribution in [0.3, 0.4) is 0 Å². The number of amides is 3. The number of ether oxygens (including phenoxy) is 2. The summed E-state index contributed by atoms with van der Waals surface area (Å²) in [5, 5.41) is 40.1. The number of aliphatic hydroxyl groups excluding tert-OH is 4. The molecule has 2 saturated heterocycles. The summed E-state index contributed by atoms with van der Waals surface area (Å²) in [7, 11) is 0. The van der Waals surface area contributed by atoms with Crippen LogP contribution in [0.2, 0.25) is 0 Å². The van der Waals surface area contributed by atoms with Gasteiger partial charge in [0, 0.05) is 16.7 Å². The van der Waals surface area contributed by atoms with Crippen molar-refractivity contribution >= 4 is 74.9 Å². The largest absolute Gasteiger partial charge is 0.412 e. The highest BCUT2D eigenvalue weighted by Crippen LogP contribution is 2.37. The molecule has 0 saturated carbocycles. The molecule has 4 aromatic heterocycles. The number of hydrogen-bond donors (Lipinski definition) is 6. The molecule has 3 aromatic carbocycles. The van der Waals surface area contributed by atoms with Crippen LogP contribution in [0.15, 0.2) is 116 Å². The molecule has 9 rings (SSSR count). The van der Waals surface area contributed by atoms with Gasteiger partial charge in [-0.05, 0) is 36.4 Å². The number of halogens is 2. The Morgan fingerprint density at radius 1 is 0.631 bits per heavy atom. The molecule has 342 valence electrons. The molecule has 0 aliphatic carbocycles. The maximum atomic E-state index is 13.5. The minimum atomic E-state index is -1.11. The van der Waals surface area contributed by atoms with Gasteiger partial charge in [0.05, 0.1) is 25.9 Å². The Kier molecular flexibility index (Phi) is 16.5. The summed E-state index contributed by atoms with van der Waals surface area (Å²) in [5.41, 5.74) is 2.20. The summed E-state index contributed by atoms with van der Waals surface area (Å²) < 4.78 is 14.4. The Morgan fingerprint density at radius 3 is 1.49 bits per heavy atom. The number of imidazole rings is 2. The van der Waals surface area contributed by atoms with Gasteiger partial charge in [0.1, 0.15) is 47.8 Å². The summed E-state index contributed by atoms with van der Waals surface area (Å²) >= 11 is 12.6. The molecule has 8 atom stereocenters. The number of rotatable bonds is 9. The number of nitrogens with one attached hydrogen (secondary N) is 1. The highest BCUT2D eigenvalue weighted by Gasteiger charge is 2.45. The van der Waals surface area contributed by atoms with E-state index in [0.29, 0.717) is 16.7 Å². The minimum Gasteiger partial charge on any atom is -0.412 e. The smallest absolute Gasteiger partial charge is 0.266 e. The van der Waals surface area contributed by atoms with E-state index in [4.69, 9.17) is 32.7 Å². The van der Waals surface area contributed by atoms with Crippen LogP contribution in [0.5, 0.6) is 0 Å². The van der Waals surface area contributed by atoms with Crippen LogP contribution >= 0.6 is 23.2 Å². The molecule has 2 aliphatic heterocycles. The number of carbonyl (C=O) groups excluding carboxylic acids is 3. The van der Waals surface area contributed by atoms with Gasteiger partial charge >= 0.3 is 0 Å². The second-order valence-corrected chi connectivity index (χ2v) is 14.9. The fraction of sp³-hybridized carbons (Fsp3) is 0.262. The number of hydrogen-bond acceptors (Lipinski definition) is 16. The van der Waals surface area contributed by atoms with Gasteiger partial charge in [0.15, 0.2) is 46.4 Å². The van der Waals surface area contributed by atoms with Gasteiger partial charge in [-0.1, -0.05) is 62.0 Å². The van der Waals surface area contributed by atoms with Crippen molar-refractivity contribution in [2.24, 2.45) is 0 Å². The standard InChI is InChI=1S/C24H20ClN5O5.C17H16ClN5O4.CH4.H3N.H2O/c25-17-19(32)16(11-31)35-24(17)29-13-28-18-20(29)26-12-27-21(18)30(22(33)14-7-3-1-4-8-14)23(34)15-9-5-2-6-10-15;18-11-13(25)10(6-24)27-17(11)23-8-21-12-14(19-7-20-15(12)23)22-16(26)9-4-2-1-3-5-9;;;/h1-10,12-13,16-17,19,24,31-32H,11H2;1-5,7-8,10-11,13,17,24-25H,6H2,(H,19,20,22,26);1H4;1H3;1H2/t16-,17-,19-,24-;10-,11-,13-,17-;;;/m11.../s1. The third kappa shape index (κ3) is 9.70. The van der Waals surface area contributed by atoms with Gasteiger partial charge in [-0.2, -0.15) is 0 Å². The highest BCUT2D eigenvalue weighted by molar-refractivity contribution is 6.27. The van der Waals surface area contributed by atoms with Gasteiger partial charge in [-0.3, -0.25) is 23.5 Å². The number of aliphatic hydroxyl groups is 4. The van der Waals surface area contributed by atoms with Crippen LogP contribution in [-0.2, 0) is 9.47 Å². The number of imide groups is 1. The van der Waals surface area contributed by atoms with E-state index in [1.807, 2.05) is 6.07 Å². The molecule has 6 heterocycles. The predicted octanol–water partition coefficient (Wildman–Crippen LogP) is 3.08. The third-order valence-corrected chi connectivity index (χ3v) is 11.1. The molecule has 0 bridgehead atoms. The minimum absolute atomic E-state index is 0. The van der Waals surface area contributed by atoms with Crippen molar-refractivity contribution < 1.29 is 49.8 Å². The van der Waals surface area contributed by atoms with E-state index in [1.54, 1.807) is 89.5 Å². The second-order valence-electron chi connectivity index (χ2n) is 13.9. The van der Waals surface area contributed by atoms with Gasteiger partial charge in [0.2, 0.25) is 0 Å². The van der Waals surface area contributed by atoms with Gasteiger partial charge in [-0.15, -0.1) is 23.2 Å².